The van der Waals surface area contributed by atoms with Crippen molar-refractivity contribution in [2.75, 3.05) is 0 Å². The molecule has 0 N–H and O–H groups in total. The Labute approximate surface area is 132 Å². The second-order valence-electron chi connectivity index (χ2n) is 4.48. The molecule has 5 nitrogen and oxygen atoms in total. The minimum Gasteiger partial charge on any atom is -0.224 e. The van der Waals surface area contributed by atoms with E-state index in [1.165, 1.54) is 30.3 Å². The molecule has 1 aromatic rings. The van der Waals surface area contributed by atoms with Gasteiger partial charge in [-0.25, -0.2) is 17.2 Å². The molecule has 0 aliphatic heterocycles. The zero-order valence-corrected chi connectivity index (χ0v) is 12.4. The van der Waals surface area contributed by atoms with Gasteiger partial charge in [-0.3, -0.25) is 0 Å². The molecule has 0 saturated carbocycles. The smallest absolute Gasteiger partial charge is 0.224 e. The summed E-state index contributed by atoms with van der Waals surface area (Å²) in [5.74, 6) is -12.5. The van der Waals surface area contributed by atoms with E-state index in [4.69, 9.17) is 5.53 Å². The lowest BCUT2D eigenvalue weighted by Gasteiger charge is -2.25. The third-order valence-electron chi connectivity index (χ3n) is 2.67. The van der Waals surface area contributed by atoms with Gasteiger partial charge in [0.05, 0.1) is 5.75 Å². The summed E-state index contributed by atoms with van der Waals surface area (Å²) in [5, 5.41) is 1.75. The van der Waals surface area contributed by atoms with Crippen LogP contribution in [0.4, 0.5) is 26.3 Å². The van der Waals surface area contributed by atoms with Crippen LogP contribution in [0.1, 0.15) is 5.56 Å². The van der Waals surface area contributed by atoms with Crippen molar-refractivity contribution in [2.24, 2.45) is 5.11 Å². The van der Waals surface area contributed by atoms with Crippen LogP contribution in [0.5, 0.6) is 0 Å². The fraction of sp³-hybridized carbons (Fsp3) is 0.333. The predicted octanol–water partition coefficient (Wildman–Crippen LogP) is 4.29. The van der Waals surface area contributed by atoms with E-state index in [-0.39, 0.29) is 5.56 Å². The summed E-state index contributed by atoms with van der Waals surface area (Å²) in [5.41, 5.74) is 5.96. The molecule has 0 spiro atoms. The topological polar surface area (TPSA) is 82.9 Å². The quantitative estimate of drug-likeness (QED) is 0.309. The van der Waals surface area contributed by atoms with Crippen LogP contribution in [0, 0.1) is 0 Å². The molecule has 0 atom stereocenters. The number of halogens is 6. The van der Waals surface area contributed by atoms with Gasteiger partial charge >= 0.3 is 18.3 Å². The van der Waals surface area contributed by atoms with Gasteiger partial charge in [0.2, 0.25) is 0 Å². The molecule has 0 saturated heterocycles. The molecule has 0 unspecified atom stereocenters. The van der Waals surface area contributed by atoms with Gasteiger partial charge in [-0.05, 0) is 11.1 Å². The highest BCUT2D eigenvalue weighted by Gasteiger charge is 2.65. The fourth-order valence-electron chi connectivity index (χ4n) is 1.53. The van der Waals surface area contributed by atoms with Crippen LogP contribution < -0.4 is 0 Å². The number of hydrogen-bond acceptors (Lipinski definition) is 3. The van der Waals surface area contributed by atoms with Crippen molar-refractivity contribution >= 4 is 9.84 Å². The summed E-state index contributed by atoms with van der Waals surface area (Å²) in [4.78, 5) is 1.80. The van der Waals surface area contributed by atoms with Gasteiger partial charge in [0.15, 0.2) is 9.84 Å². The van der Waals surface area contributed by atoms with E-state index in [2.05, 4.69) is 5.11 Å². The van der Waals surface area contributed by atoms with Crippen LogP contribution in [0.2, 0.25) is 0 Å². The molecule has 0 aliphatic carbocycles. The minimum atomic E-state index is -5.92. The summed E-state index contributed by atoms with van der Waals surface area (Å²) in [6.07, 6.45) is -4.80. The largest absolute Gasteiger partial charge is 0.373 e. The highest BCUT2D eigenvalue weighted by atomic mass is 32.2. The molecular weight excluding hydrogens is 364 g/mol. The lowest BCUT2D eigenvalue weighted by Crippen LogP contribution is -2.47. The van der Waals surface area contributed by atoms with E-state index >= 15 is 0 Å². The highest BCUT2D eigenvalue weighted by molar-refractivity contribution is 7.93. The molecular formula is C12H9F6N3O2S. The first-order chi connectivity index (χ1) is 10.9. The van der Waals surface area contributed by atoms with Crippen LogP contribution in [-0.4, -0.2) is 26.7 Å². The van der Waals surface area contributed by atoms with Gasteiger partial charge in [-0.15, -0.1) is 0 Å². The number of sulfone groups is 1. The summed E-state index contributed by atoms with van der Waals surface area (Å²) >= 11 is 0. The van der Waals surface area contributed by atoms with Crippen LogP contribution in [-0.2, 0) is 15.6 Å². The van der Waals surface area contributed by atoms with E-state index in [1.54, 1.807) is 4.91 Å². The molecule has 0 heterocycles. The number of allylic oxidation sites excluding steroid dienone is 1. The number of alkyl halides is 6. The third-order valence-corrected chi connectivity index (χ3v) is 3.99. The first kappa shape index (κ1) is 19.8. The number of rotatable bonds is 7. The SMILES string of the molecule is [N-]=[N+]=N/C(=C\S(=O)(=O)Cc1ccccc1)C(F)(F)C(F)(F)C(F)F. The summed E-state index contributed by atoms with van der Waals surface area (Å²) in [6.45, 7) is 0. The van der Waals surface area contributed by atoms with Gasteiger partial charge < -0.3 is 0 Å². The van der Waals surface area contributed by atoms with Crippen molar-refractivity contribution < 1.29 is 34.8 Å². The maximum absolute atomic E-state index is 13.5. The van der Waals surface area contributed by atoms with Gasteiger partial charge in [-0.1, -0.05) is 35.4 Å². The van der Waals surface area contributed by atoms with Crippen molar-refractivity contribution in [3.8, 4) is 0 Å². The van der Waals surface area contributed by atoms with E-state index in [0.717, 1.165) is 0 Å². The second-order valence-corrected chi connectivity index (χ2v) is 6.33. The van der Waals surface area contributed by atoms with E-state index in [0.29, 0.717) is 0 Å². The van der Waals surface area contributed by atoms with Crippen molar-refractivity contribution in [1.29, 1.82) is 0 Å². The Bertz CT molecular complexity index is 758. The molecule has 0 fully saturated rings. The van der Waals surface area contributed by atoms with Crippen LogP contribution in [0.3, 0.4) is 0 Å². The Kier molecular flexibility index (Phi) is 5.90. The minimum absolute atomic E-state index is 0.123. The highest BCUT2D eigenvalue weighted by Crippen LogP contribution is 2.44. The van der Waals surface area contributed by atoms with Gasteiger partial charge in [-0.2, -0.15) is 17.6 Å². The standard InChI is InChI=1S/C12H9F6N3O2S/c13-10(14)12(17,18)11(15,16)9(20-21-19)7-24(22,23)6-8-4-2-1-3-5-8/h1-5,7,10H,6H2/b9-7-. The van der Waals surface area contributed by atoms with E-state index in [1.807, 2.05) is 0 Å². The molecule has 0 radical (unpaired) electrons. The molecule has 0 bridgehead atoms. The molecule has 0 aliphatic rings. The number of azide groups is 1. The third kappa shape index (κ3) is 4.42. The molecule has 12 heteroatoms. The van der Waals surface area contributed by atoms with E-state index < -0.39 is 45.0 Å². The first-order valence-electron chi connectivity index (χ1n) is 6.02. The second kappa shape index (κ2) is 7.14. The molecule has 1 rings (SSSR count). The zero-order valence-electron chi connectivity index (χ0n) is 11.6. The first-order valence-corrected chi connectivity index (χ1v) is 7.73. The summed E-state index contributed by atoms with van der Waals surface area (Å²) < 4.78 is 101. The summed E-state index contributed by atoms with van der Waals surface area (Å²) in [7, 11) is -4.61. The Balaban J connectivity index is 3.33. The van der Waals surface area contributed by atoms with Gasteiger partial charge in [0.25, 0.3) is 0 Å². The molecule has 0 amide bonds. The maximum Gasteiger partial charge on any atom is 0.373 e. The van der Waals surface area contributed by atoms with Crippen molar-refractivity contribution in [2.45, 2.75) is 24.0 Å². The predicted molar refractivity (Wildman–Crippen MR) is 72.2 cm³/mol. The Morgan fingerprint density at radius 3 is 2.21 bits per heavy atom. The maximum atomic E-state index is 13.5. The summed E-state index contributed by atoms with van der Waals surface area (Å²) in [6, 6.07) is 7.02. The normalized spacial score (nSPS) is 13.7. The molecule has 1 aromatic carbocycles. The number of nitrogens with zero attached hydrogens (tertiary/aromatic N) is 3. The average Bonchev–Trinajstić information content (AvgIpc) is 2.46. The van der Waals surface area contributed by atoms with Crippen molar-refractivity contribution in [1.82, 2.24) is 0 Å². The van der Waals surface area contributed by atoms with Gasteiger partial charge in [0, 0.05) is 10.3 Å². The van der Waals surface area contributed by atoms with Crippen LogP contribution in [0.25, 0.3) is 10.4 Å². The lowest BCUT2D eigenvalue weighted by atomic mass is 10.1. The molecule has 0 aromatic heterocycles. The van der Waals surface area contributed by atoms with Crippen molar-refractivity contribution in [3.63, 3.8) is 0 Å². The Morgan fingerprint density at radius 2 is 1.75 bits per heavy atom. The zero-order chi connectivity index (χ0) is 18.6. The Morgan fingerprint density at radius 1 is 1.21 bits per heavy atom. The molecule has 132 valence electrons. The van der Waals surface area contributed by atoms with Crippen LogP contribution >= 0.6 is 0 Å². The Hall–Kier alpha value is -2.20. The van der Waals surface area contributed by atoms with E-state index in [9.17, 15) is 34.8 Å². The fourth-order valence-corrected chi connectivity index (χ4v) is 2.81. The molecule has 24 heavy (non-hydrogen) atoms. The lowest BCUT2D eigenvalue weighted by molar-refractivity contribution is -0.246. The number of hydrogen-bond donors (Lipinski definition) is 0. The van der Waals surface area contributed by atoms with Crippen LogP contribution in [0.15, 0.2) is 46.6 Å². The monoisotopic (exact) mass is 373 g/mol. The average molecular weight is 373 g/mol. The van der Waals surface area contributed by atoms with Gasteiger partial charge in [0.1, 0.15) is 5.70 Å². The van der Waals surface area contributed by atoms with Crippen molar-refractivity contribution in [3.05, 3.63) is 57.4 Å². The number of benzene rings is 1.